The lowest BCUT2D eigenvalue weighted by molar-refractivity contribution is -0.0328. The molecular formula is C10H13F3N2O2S. The quantitative estimate of drug-likeness (QED) is 0.825. The van der Waals surface area contributed by atoms with E-state index in [1.807, 2.05) is 6.92 Å². The molecule has 0 amide bonds. The zero-order valence-electron chi connectivity index (χ0n) is 9.74. The van der Waals surface area contributed by atoms with Crippen LogP contribution in [0.3, 0.4) is 0 Å². The maximum absolute atomic E-state index is 12.0. The van der Waals surface area contributed by atoms with Gasteiger partial charge in [-0.1, -0.05) is 6.92 Å². The Hall–Kier alpha value is -1.18. The summed E-state index contributed by atoms with van der Waals surface area (Å²) in [6.07, 6.45) is 2.07. The fourth-order valence-electron chi connectivity index (χ4n) is 1.43. The topological polar surface area (TPSA) is 44.0 Å². The molecule has 0 saturated heterocycles. The summed E-state index contributed by atoms with van der Waals surface area (Å²) in [5.41, 5.74) is -5.48. The Kier molecular flexibility index (Phi) is 5.06. The number of aryl methyl sites for hydroxylation is 1. The van der Waals surface area contributed by atoms with E-state index in [2.05, 4.69) is 0 Å². The first kappa shape index (κ1) is 14.9. The predicted molar refractivity (Wildman–Crippen MR) is 63.8 cm³/mol. The largest absolute Gasteiger partial charge is 0.441 e. The first-order valence-electron chi connectivity index (χ1n) is 5.36. The van der Waals surface area contributed by atoms with Crippen LogP contribution in [0.1, 0.15) is 13.3 Å². The van der Waals surface area contributed by atoms with Crippen LogP contribution in [0, 0.1) is 0 Å². The Balaban J connectivity index is 2.85. The molecule has 0 atom stereocenters. The minimum atomic E-state index is -4.35. The van der Waals surface area contributed by atoms with Gasteiger partial charge in [0.1, 0.15) is 0 Å². The summed E-state index contributed by atoms with van der Waals surface area (Å²) in [6, 6.07) is 1.19. The van der Waals surface area contributed by atoms with Crippen molar-refractivity contribution in [2.24, 2.45) is 0 Å². The third-order valence-electron chi connectivity index (χ3n) is 2.18. The van der Waals surface area contributed by atoms with Gasteiger partial charge in [-0.25, -0.2) is 4.79 Å². The van der Waals surface area contributed by atoms with Crippen LogP contribution in [-0.2, 0) is 13.1 Å². The van der Waals surface area contributed by atoms with Crippen LogP contribution in [0.5, 0.6) is 0 Å². The second-order valence-corrected chi connectivity index (χ2v) is 4.74. The van der Waals surface area contributed by atoms with Crippen LogP contribution in [0.4, 0.5) is 13.2 Å². The molecule has 0 saturated carbocycles. The minimum Gasteiger partial charge on any atom is -0.300 e. The smallest absolute Gasteiger partial charge is 0.300 e. The lowest BCUT2D eigenvalue weighted by Crippen LogP contribution is -2.39. The Labute approximate surface area is 105 Å². The van der Waals surface area contributed by atoms with Gasteiger partial charge in [0, 0.05) is 31.1 Å². The van der Waals surface area contributed by atoms with Gasteiger partial charge in [0.2, 0.25) is 0 Å². The average Bonchev–Trinajstić information content (AvgIpc) is 2.26. The fourth-order valence-corrected chi connectivity index (χ4v) is 1.93. The molecule has 0 unspecified atom stereocenters. The standard InChI is InChI=1S/C10H13F3N2O2S/c1-2-4-14-5-3-8(16)15(9(14)17)6-7-18-10(11,12)13/h3,5H,2,4,6-7H2,1H3. The van der Waals surface area contributed by atoms with Crippen molar-refractivity contribution in [1.82, 2.24) is 9.13 Å². The monoisotopic (exact) mass is 282 g/mol. The van der Waals surface area contributed by atoms with Gasteiger partial charge >= 0.3 is 11.2 Å². The molecule has 0 aliphatic rings. The summed E-state index contributed by atoms with van der Waals surface area (Å²) in [5, 5.41) is 0. The van der Waals surface area contributed by atoms with Gasteiger partial charge in [0.05, 0.1) is 0 Å². The van der Waals surface area contributed by atoms with E-state index in [1.165, 1.54) is 16.8 Å². The van der Waals surface area contributed by atoms with Gasteiger partial charge in [-0.15, -0.1) is 0 Å². The Morgan fingerprint density at radius 2 is 1.94 bits per heavy atom. The molecule has 1 heterocycles. The minimum absolute atomic E-state index is 0.243. The number of alkyl halides is 3. The van der Waals surface area contributed by atoms with Gasteiger partial charge < -0.3 is 4.57 Å². The van der Waals surface area contributed by atoms with Crippen LogP contribution in [0.25, 0.3) is 0 Å². The molecule has 0 fully saturated rings. The van der Waals surface area contributed by atoms with Gasteiger partial charge in [-0.3, -0.25) is 9.36 Å². The molecule has 0 spiro atoms. The van der Waals surface area contributed by atoms with Gasteiger partial charge in [0.25, 0.3) is 5.56 Å². The SMILES string of the molecule is CCCn1ccc(=O)n(CCSC(F)(F)F)c1=O. The van der Waals surface area contributed by atoms with Crippen molar-refractivity contribution >= 4 is 11.8 Å². The summed E-state index contributed by atoms with van der Waals surface area (Å²) in [7, 11) is 0. The Morgan fingerprint density at radius 3 is 2.50 bits per heavy atom. The highest BCUT2D eigenvalue weighted by molar-refractivity contribution is 8.00. The summed E-state index contributed by atoms with van der Waals surface area (Å²) >= 11 is -0.243. The van der Waals surface area contributed by atoms with Crippen molar-refractivity contribution in [2.45, 2.75) is 31.9 Å². The van der Waals surface area contributed by atoms with E-state index >= 15 is 0 Å². The normalized spacial score (nSPS) is 11.8. The average molecular weight is 282 g/mol. The number of hydrogen-bond donors (Lipinski definition) is 0. The van der Waals surface area contributed by atoms with Crippen LogP contribution < -0.4 is 11.2 Å². The molecule has 18 heavy (non-hydrogen) atoms. The summed E-state index contributed by atoms with van der Waals surface area (Å²) < 4.78 is 38.0. The van der Waals surface area contributed by atoms with E-state index in [4.69, 9.17) is 0 Å². The third kappa shape index (κ3) is 4.25. The molecule has 102 valence electrons. The maximum Gasteiger partial charge on any atom is 0.441 e. The summed E-state index contributed by atoms with van der Waals surface area (Å²) in [4.78, 5) is 23.2. The number of hydrogen-bond acceptors (Lipinski definition) is 3. The molecule has 1 aromatic rings. The highest BCUT2D eigenvalue weighted by Gasteiger charge is 2.27. The number of nitrogens with zero attached hydrogens (tertiary/aromatic N) is 2. The zero-order valence-corrected chi connectivity index (χ0v) is 10.6. The van der Waals surface area contributed by atoms with Crippen molar-refractivity contribution in [3.8, 4) is 0 Å². The highest BCUT2D eigenvalue weighted by Crippen LogP contribution is 2.29. The van der Waals surface area contributed by atoms with Gasteiger partial charge in [-0.05, 0) is 18.2 Å². The molecule has 1 aromatic heterocycles. The molecule has 0 aliphatic heterocycles. The Morgan fingerprint density at radius 1 is 1.28 bits per heavy atom. The second kappa shape index (κ2) is 6.12. The van der Waals surface area contributed by atoms with E-state index in [-0.39, 0.29) is 24.1 Å². The van der Waals surface area contributed by atoms with Crippen molar-refractivity contribution in [3.63, 3.8) is 0 Å². The van der Waals surface area contributed by atoms with Crippen molar-refractivity contribution in [1.29, 1.82) is 0 Å². The molecule has 0 bridgehead atoms. The highest BCUT2D eigenvalue weighted by atomic mass is 32.2. The van der Waals surface area contributed by atoms with E-state index in [0.29, 0.717) is 13.0 Å². The third-order valence-corrected chi connectivity index (χ3v) is 2.90. The van der Waals surface area contributed by atoms with Gasteiger partial charge in [0.15, 0.2) is 0 Å². The number of thioether (sulfide) groups is 1. The molecule has 4 nitrogen and oxygen atoms in total. The zero-order chi connectivity index (χ0) is 13.8. The van der Waals surface area contributed by atoms with Crippen molar-refractivity contribution in [2.75, 3.05) is 5.75 Å². The number of halogens is 3. The van der Waals surface area contributed by atoms with Crippen LogP contribution in [0.2, 0.25) is 0 Å². The summed E-state index contributed by atoms with van der Waals surface area (Å²) in [5.74, 6) is -0.352. The lowest BCUT2D eigenvalue weighted by atomic mass is 10.4. The number of rotatable bonds is 5. The summed E-state index contributed by atoms with van der Waals surface area (Å²) in [6.45, 7) is 2.05. The van der Waals surface area contributed by atoms with E-state index in [1.54, 1.807) is 0 Å². The van der Waals surface area contributed by atoms with Crippen molar-refractivity contribution in [3.05, 3.63) is 33.1 Å². The van der Waals surface area contributed by atoms with Crippen molar-refractivity contribution < 1.29 is 13.2 Å². The Bertz CT molecular complexity index is 507. The fraction of sp³-hybridized carbons (Fsp3) is 0.600. The van der Waals surface area contributed by atoms with E-state index < -0.39 is 16.8 Å². The molecule has 8 heteroatoms. The predicted octanol–water partition coefficient (Wildman–Crippen LogP) is 1.67. The maximum atomic E-state index is 12.0. The molecule has 0 radical (unpaired) electrons. The van der Waals surface area contributed by atoms with Crippen LogP contribution in [0.15, 0.2) is 21.9 Å². The molecular weight excluding hydrogens is 269 g/mol. The van der Waals surface area contributed by atoms with Crippen LogP contribution in [-0.4, -0.2) is 20.4 Å². The van der Waals surface area contributed by atoms with E-state index in [9.17, 15) is 22.8 Å². The van der Waals surface area contributed by atoms with Crippen LogP contribution >= 0.6 is 11.8 Å². The molecule has 1 rings (SSSR count). The first-order valence-corrected chi connectivity index (χ1v) is 6.34. The molecule has 0 aromatic carbocycles. The van der Waals surface area contributed by atoms with Gasteiger partial charge in [-0.2, -0.15) is 13.2 Å². The second-order valence-electron chi connectivity index (χ2n) is 3.58. The first-order chi connectivity index (χ1) is 8.35. The number of aromatic nitrogens is 2. The lowest BCUT2D eigenvalue weighted by Gasteiger charge is -2.09. The molecule has 0 aliphatic carbocycles. The van der Waals surface area contributed by atoms with E-state index in [0.717, 1.165) is 4.57 Å². The molecule has 0 N–H and O–H groups in total.